The Morgan fingerprint density at radius 2 is 2.08 bits per heavy atom. The van der Waals surface area contributed by atoms with Crippen molar-refractivity contribution in [2.45, 2.75) is 24.6 Å². The summed E-state index contributed by atoms with van der Waals surface area (Å²) in [5.74, 6) is 1.28. The predicted octanol–water partition coefficient (Wildman–Crippen LogP) is 4.72. The minimum atomic E-state index is -0.364. The van der Waals surface area contributed by atoms with Crippen molar-refractivity contribution >= 4 is 44.3 Å². The summed E-state index contributed by atoms with van der Waals surface area (Å²) >= 11 is 3.29. The second-order valence-corrected chi connectivity index (χ2v) is 8.05. The highest BCUT2D eigenvalue weighted by Crippen LogP contribution is 2.36. The van der Waals surface area contributed by atoms with Crippen LogP contribution in [0.1, 0.15) is 16.0 Å². The molecule has 4 aromatic rings. The van der Waals surface area contributed by atoms with Gasteiger partial charge in [-0.2, -0.15) is 0 Å². The molecule has 1 aromatic carbocycles. The van der Waals surface area contributed by atoms with E-state index in [0.717, 1.165) is 26.2 Å². The van der Waals surface area contributed by atoms with Gasteiger partial charge in [-0.25, -0.2) is 14.8 Å². The maximum atomic E-state index is 11.9. The quantitative estimate of drug-likeness (QED) is 0.288. The average Bonchev–Trinajstić information content (AvgIpc) is 2.93. The lowest BCUT2D eigenvalue weighted by Crippen LogP contribution is -2.00. The number of aromatic nitrogens is 2. The molecule has 26 heavy (non-hydrogen) atoms. The van der Waals surface area contributed by atoms with Gasteiger partial charge in [-0.05, 0) is 37.1 Å². The van der Waals surface area contributed by atoms with Gasteiger partial charge in [0.25, 0.3) is 0 Å². The van der Waals surface area contributed by atoms with Crippen LogP contribution in [0.15, 0.2) is 44.8 Å². The van der Waals surface area contributed by atoms with E-state index in [0.29, 0.717) is 17.1 Å². The Morgan fingerprint density at radius 3 is 2.88 bits per heavy atom. The van der Waals surface area contributed by atoms with Crippen molar-refractivity contribution in [1.29, 1.82) is 0 Å². The third-order valence-electron chi connectivity index (χ3n) is 4.33. The smallest absolute Gasteiger partial charge is 0.336 e. The molecular weight excluding hydrogens is 368 g/mol. The van der Waals surface area contributed by atoms with Crippen LogP contribution in [0, 0.1) is 13.8 Å². The molecule has 0 radical (unpaired) electrons. The SMILES string of the molecule is COc1ccc2c(CSc3ncnc4sc(C)c(C)c34)cc(=O)oc2c1. The molecule has 0 N–H and O–H groups in total. The molecule has 3 aromatic heterocycles. The van der Waals surface area contributed by atoms with Crippen molar-refractivity contribution in [2.24, 2.45) is 0 Å². The van der Waals surface area contributed by atoms with Crippen molar-refractivity contribution in [2.75, 3.05) is 7.11 Å². The van der Waals surface area contributed by atoms with Gasteiger partial charge in [0.1, 0.15) is 27.5 Å². The first-order valence-electron chi connectivity index (χ1n) is 8.01. The van der Waals surface area contributed by atoms with Crippen molar-refractivity contribution in [1.82, 2.24) is 9.97 Å². The minimum absolute atomic E-state index is 0.364. The summed E-state index contributed by atoms with van der Waals surface area (Å²) in [7, 11) is 1.59. The van der Waals surface area contributed by atoms with E-state index in [4.69, 9.17) is 9.15 Å². The van der Waals surface area contributed by atoms with Crippen LogP contribution in [-0.2, 0) is 5.75 Å². The maximum absolute atomic E-state index is 11.9. The van der Waals surface area contributed by atoms with Gasteiger partial charge in [0.2, 0.25) is 0 Å². The summed E-state index contributed by atoms with van der Waals surface area (Å²) in [6.45, 7) is 4.19. The van der Waals surface area contributed by atoms with E-state index in [1.54, 1.807) is 48.7 Å². The molecule has 0 saturated carbocycles. The van der Waals surface area contributed by atoms with Gasteiger partial charge in [0.15, 0.2) is 0 Å². The number of thiophene rings is 1. The van der Waals surface area contributed by atoms with E-state index >= 15 is 0 Å². The molecule has 0 saturated heterocycles. The third-order valence-corrected chi connectivity index (χ3v) is 6.49. The molecule has 3 heterocycles. The Kier molecular flexibility index (Phi) is 4.42. The highest BCUT2D eigenvalue weighted by molar-refractivity contribution is 7.98. The van der Waals surface area contributed by atoms with E-state index < -0.39 is 0 Å². The first kappa shape index (κ1) is 17.1. The lowest BCUT2D eigenvalue weighted by atomic mass is 10.1. The minimum Gasteiger partial charge on any atom is -0.497 e. The number of nitrogens with zero attached hydrogens (tertiary/aromatic N) is 2. The number of aryl methyl sites for hydroxylation is 2. The number of hydrogen-bond donors (Lipinski definition) is 0. The standard InChI is InChI=1S/C19H16N2O3S2/c1-10-11(2)26-19-17(10)18(20-9-21-19)25-8-12-6-16(22)24-15-7-13(23-3)4-5-14(12)15/h4-7,9H,8H2,1-3H3. The fourth-order valence-corrected chi connectivity index (χ4v) is 4.97. The predicted molar refractivity (Wildman–Crippen MR) is 105 cm³/mol. The van der Waals surface area contributed by atoms with Gasteiger partial charge in [0, 0.05) is 33.5 Å². The molecule has 0 bridgehead atoms. The largest absolute Gasteiger partial charge is 0.497 e. The van der Waals surface area contributed by atoms with E-state index in [1.165, 1.54) is 10.4 Å². The van der Waals surface area contributed by atoms with Crippen LogP contribution in [0.2, 0.25) is 0 Å². The van der Waals surface area contributed by atoms with Gasteiger partial charge >= 0.3 is 5.63 Å². The lowest BCUT2D eigenvalue weighted by molar-refractivity contribution is 0.414. The Labute approximate surface area is 158 Å². The Bertz CT molecular complexity index is 1180. The van der Waals surface area contributed by atoms with Crippen LogP contribution in [0.4, 0.5) is 0 Å². The van der Waals surface area contributed by atoms with Crippen molar-refractivity contribution < 1.29 is 9.15 Å². The first-order chi connectivity index (χ1) is 12.6. The number of fused-ring (bicyclic) bond motifs is 2. The monoisotopic (exact) mass is 384 g/mol. The zero-order valence-corrected chi connectivity index (χ0v) is 16.2. The molecule has 7 heteroatoms. The number of ether oxygens (including phenoxy) is 1. The number of rotatable bonds is 4. The van der Waals surface area contributed by atoms with Crippen LogP contribution in [0.5, 0.6) is 5.75 Å². The summed E-state index contributed by atoms with van der Waals surface area (Å²) in [4.78, 5) is 23.0. The van der Waals surface area contributed by atoms with E-state index in [2.05, 4.69) is 23.8 Å². The fraction of sp³-hybridized carbons (Fsp3) is 0.211. The fourth-order valence-electron chi connectivity index (χ4n) is 2.86. The van der Waals surface area contributed by atoms with Gasteiger partial charge in [0.05, 0.1) is 7.11 Å². The lowest BCUT2D eigenvalue weighted by Gasteiger charge is -2.07. The molecule has 0 atom stereocenters. The molecule has 0 unspecified atom stereocenters. The Balaban J connectivity index is 1.74. The van der Waals surface area contributed by atoms with E-state index in [1.807, 2.05) is 12.1 Å². The molecule has 0 aliphatic rings. The van der Waals surface area contributed by atoms with Crippen LogP contribution in [0.3, 0.4) is 0 Å². The molecule has 5 nitrogen and oxygen atoms in total. The normalized spacial score (nSPS) is 11.3. The average molecular weight is 384 g/mol. The highest BCUT2D eigenvalue weighted by Gasteiger charge is 2.14. The molecule has 0 aliphatic carbocycles. The van der Waals surface area contributed by atoms with E-state index in [9.17, 15) is 4.79 Å². The second kappa shape index (κ2) is 6.74. The molecule has 0 amide bonds. The van der Waals surface area contributed by atoms with E-state index in [-0.39, 0.29) is 5.63 Å². The number of methoxy groups -OCH3 is 1. The number of thioether (sulfide) groups is 1. The maximum Gasteiger partial charge on any atom is 0.336 e. The summed E-state index contributed by atoms with van der Waals surface area (Å²) in [6.07, 6.45) is 1.60. The van der Waals surface area contributed by atoms with Gasteiger partial charge in [-0.3, -0.25) is 0 Å². The molecule has 132 valence electrons. The molecular formula is C19H16N2O3S2. The zero-order valence-electron chi connectivity index (χ0n) is 14.5. The molecule has 0 fully saturated rings. The Hall–Kier alpha value is -2.38. The summed E-state index contributed by atoms with van der Waals surface area (Å²) in [5, 5.41) is 2.95. The summed E-state index contributed by atoms with van der Waals surface area (Å²) in [6, 6.07) is 7.07. The zero-order chi connectivity index (χ0) is 18.3. The topological polar surface area (TPSA) is 65.2 Å². The summed E-state index contributed by atoms with van der Waals surface area (Å²) < 4.78 is 10.5. The number of hydrogen-bond acceptors (Lipinski definition) is 7. The van der Waals surface area contributed by atoms with Gasteiger partial charge in [-0.15, -0.1) is 23.1 Å². The molecule has 4 rings (SSSR count). The first-order valence-corrected chi connectivity index (χ1v) is 9.81. The van der Waals surface area contributed by atoms with Crippen LogP contribution in [-0.4, -0.2) is 17.1 Å². The van der Waals surface area contributed by atoms with Crippen LogP contribution < -0.4 is 10.4 Å². The molecule has 0 aliphatic heterocycles. The molecule has 0 spiro atoms. The van der Waals surface area contributed by atoms with Gasteiger partial charge < -0.3 is 9.15 Å². The second-order valence-electron chi connectivity index (χ2n) is 5.88. The Morgan fingerprint density at radius 1 is 1.23 bits per heavy atom. The third kappa shape index (κ3) is 2.97. The number of benzene rings is 1. The van der Waals surface area contributed by atoms with Crippen LogP contribution >= 0.6 is 23.1 Å². The highest BCUT2D eigenvalue weighted by atomic mass is 32.2. The summed E-state index contributed by atoms with van der Waals surface area (Å²) in [5.41, 5.74) is 2.30. The van der Waals surface area contributed by atoms with Gasteiger partial charge in [-0.1, -0.05) is 0 Å². The van der Waals surface area contributed by atoms with Crippen molar-refractivity contribution in [3.63, 3.8) is 0 Å². The van der Waals surface area contributed by atoms with Crippen molar-refractivity contribution in [3.05, 3.63) is 57.0 Å². The van der Waals surface area contributed by atoms with Crippen molar-refractivity contribution in [3.8, 4) is 5.75 Å². The van der Waals surface area contributed by atoms with Crippen LogP contribution in [0.25, 0.3) is 21.2 Å².